The normalized spacial score (nSPS) is 18.3. The topological polar surface area (TPSA) is 6.48 Å². The second kappa shape index (κ2) is 22.7. The van der Waals surface area contributed by atoms with Crippen LogP contribution < -0.4 is 9.80 Å². The first-order chi connectivity index (χ1) is 28.1. The average Bonchev–Trinajstić information content (AvgIpc) is 3.68. The molecule has 0 unspecified atom stereocenters. The summed E-state index contributed by atoms with van der Waals surface area (Å²) in [6, 6.07) is 29.3. The zero-order valence-corrected chi connectivity index (χ0v) is 40.7. The van der Waals surface area contributed by atoms with Gasteiger partial charge in [0.1, 0.15) is 0 Å². The number of halogens is 2. The molecule has 58 heavy (non-hydrogen) atoms. The number of benzene rings is 4. The molecule has 2 nitrogen and oxygen atoms in total. The quantitative estimate of drug-likeness (QED) is 0.104. The van der Waals surface area contributed by atoms with Crippen LogP contribution in [0.15, 0.2) is 84.9 Å². The maximum atomic E-state index is 6.18. The molecular formula is C52H71Cl2N2PRu. The van der Waals surface area contributed by atoms with E-state index < -0.39 is 13.5 Å². The van der Waals surface area contributed by atoms with Crippen molar-refractivity contribution >= 4 is 42.8 Å². The third kappa shape index (κ3) is 12.3. The van der Waals surface area contributed by atoms with Crippen LogP contribution in [0.4, 0.5) is 11.4 Å². The van der Waals surface area contributed by atoms with Gasteiger partial charge < -0.3 is 9.80 Å². The minimum absolute atomic E-state index is 0.0465. The van der Waals surface area contributed by atoms with Gasteiger partial charge in [-0.1, -0.05) is 54.7 Å². The molecule has 1 saturated heterocycles. The Morgan fingerprint density at radius 2 is 0.810 bits per heavy atom. The Bertz CT molecular complexity index is 1710. The Labute approximate surface area is 367 Å². The third-order valence-corrected chi connectivity index (χ3v) is 20.9. The molecule has 1 heterocycles. The monoisotopic (exact) mass is 926 g/mol. The summed E-state index contributed by atoms with van der Waals surface area (Å²) in [4.78, 5) is 4.81. The van der Waals surface area contributed by atoms with Gasteiger partial charge in [0.25, 0.3) is 0 Å². The van der Waals surface area contributed by atoms with E-state index in [1.807, 2.05) is 60.7 Å². The van der Waals surface area contributed by atoms with E-state index in [9.17, 15) is 0 Å². The Balaban J connectivity index is 0.000000149. The Morgan fingerprint density at radius 3 is 1.10 bits per heavy atom. The molecule has 3 saturated carbocycles. The van der Waals surface area contributed by atoms with Crippen LogP contribution in [-0.4, -0.2) is 34.2 Å². The van der Waals surface area contributed by atoms with Crippen molar-refractivity contribution in [2.75, 3.05) is 22.9 Å². The van der Waals surface area contributed by atoms with Gasteiger partial charge in [-0.05, 0) is 141 Å². The number of rotatable bonds is 7. The van der Waals surface area contributed by atoms with Gasteiger partial charge in [0.2, 0.25) is 0 Å². The standard InChI is InChI=1S/C21H27N2.C18H33P.C13H10.2ClH.Ru/c1-14-9-16(3)20(17(4)10-14)22-7-8-23(13-22)21-18(5)11-15(2)12-19(21)6;1-4-10-16(11-5-1)19(17-12-6-2-7-13-17)18-14-8-3-9-15-18;1-3-7-12(8-4-1)11-13-9-5-2-6-10-13;;;/h9-13H,7-8H2,1-6H3;16-18H,1-15H2;1-10H;2*1H;/q-1;;;;;+2/p-1. The predicted molar refractivity (Wildman–Crippen MR) is 257 cm³/mol. The van der Waals surface area contributed by atoms with Crippen LogP contribution in [0.5, 0.6) is 0 Å². The maximum absolute atomic E-state index is 6.18. The minimum atomic E-state index is -1.92. The van der Waals surface area contributed by atoms with Crippen molar-refractivity contribution in [1.82, 2.24) is 0 Å². The molecule has 4 aromatic carbocycles. The molecule has 0 bridgehead atoms. The molecule has 8 rings (SSSR count). The number of hydrogen-bond donors (Lipinski definition) is 0. The molecular weight excluding hydrogens is 856 g/mol. The summed E-state index contributed by atoms with van der Waals surface area (Å²) in [5.74, 6) is 0. The number of aryl methyl sites for hydroxylation is 6. The number of anilines is 2. The van der Waals surface area contributed by atoms with Gasteiger partial charge in [-0.2, -0.15) is 6.67 Å². The van der Waals surface area contributed by atoms with E-state index in [4.69, 9.17) is 19.4 Å². The molecule has 0 atom stereocenters. The number of hydrogen-bond acceptors (Lipinski definition) is 2. The first kappa shape index (κ1) is 45.5. The molecule has 6 heteroatoms. The Morgan fingerprint density at radius 1 is 0.500 bits per heavy atom. The summed E-state index contributed by atoms with van der Waals surface area (Å²) in [7, 11) is 12.3. The van der Waals surface area contributed by atoms with E-state index in [1.54, 1.807) is 96.3 Å². The van der Waals surface area contributed by atoms with Crippen LogP contribution in [0.3, 0.4) is 0 Å². The summed E-state index contributed by atoms with van der Waals surface area (Å²) in [6.45, 7) is 17.6. The van der Waals surface area contributed by atoms with Crippen molar-refractivity contribution in [1.29, 1.82) is 0 Å². The predicted octanol–water partition coefficient (Wildman–Crippen LogP) is 15.4. The number of nitrogens with zero attached hydrogens (tertiary/aromatic N) is 2. The molecule has 4 fully saturated rings. The Hall–Kier alpha value is -2.02. The van der Waals surface area contributed by atoms with Crippen molar-refractivity contribution in [3.63, 3.8) is 0 Å². The molecule has 0 radical (unpaired) electrons. The summed E-state index contributed by atoms with van der Waals surface area (Å²) < 4.78 is 1.09. The van der Waals surface area contributed by atoms with E-state index in [2.05, 4.69) is 82.3 Å². The zero-order chi connectivity index (χ0) is 41.0. The van der Waals surface area contributed by atoms with Crippen LogP contribution in [0.1, 0.15) is 141 Å². The first-order valence-corrected chi connectivity index (χ1v) is 29.6. The fraction of sp³-hybridized carbons (Fsp3) is 0.500. The molecule has 0 spiro atoms. The van der Waals surface area contributed by atoms with Gasteiger partial charge >= 0.3 is 109 Å². The van der Waals surface area contributed by atoms with E-state index in [-0.39, 0.29) is 7.92 Å². The van der Waals surface area contributed by atoms with Crippen molar-refractivity contribution in [2.24, 2.45) is 0 Å². The van der Waals surface area contributed by atoms with Crippen LogP contribution in [0.2, 0.25) is 0 Å². The summed E-state index contributed by atoms with van der Waals surface area (Å²) in [6.07, 6.45) is 23.8. The fourth-order valence-electron chi connectivity index (χ4n) is 10.9. The second-order valence-corrected chi connectivity index (χ2v) is 26.9. The van der Waals surface area contributed by atoms with Gasteiger partial charge in [-0.15, -0.1) is 0 Å². The van der Waals surface area contributed by atoms with Gasteiger partial charge in [0.15, 0.2) is 0 Å². The molecule has 0 N–H and O–H groups in total. The van der Waals surface area contributed by atoms with Crippen molar-refractivity contribution in [2.45, 2.75) is 155 Å². The van der Waals surface area contributed by atoms with Gasteiger partial charge in [0.05, 0.1) is 17.0 Å². The van der Waals surface area contributed by atoms with E-state index in [0.29, 0.717) is 0 Å². The molecule has 4 aromatic rings. The third-order valence-electron chi connectivity index (χ3n) is 13.1. The van der Waals surface area contributed by atoms with Crippen LogP contribution in [0.25, 0.3) is 0 Å². The average molecular weight is 927 g/mol. The summed E-state index contributed by atoms with van der Waals surface area (Å²) >= 11 is -1.92. The van der Waals surface area contributed by atoms with Crippen LogP contribution in [-0.2, 0) is 13.5 Å². The van der Waals surface area contributed by atoms with Crippen molar-refractivity contribution < 1.29 is 13.5 Å². The molecule has 316 valence electrons. The summed E-state index contributed by atoms with van der Waals surface area (Å²) in [5.41, 5.74) is 16.8. The molecule has 0 amide bonds. The van der Waals surface area contributed by atoms with Crippen LogP contribution >= 0.6 is 27.3 Å². The van der Waals surface area contributed by atoms with Gasteiger partial charge in [-0.25, -0.2) is 0 Å². The van der Waals surface area contributed by atoms with E-state index in [0.717, 1.165) is 28.3 Å². The van der Waals surface area contributed by atoms with E-state index in [1.165, 1.54) is 61.7 Å². The van der Waals surface area contributed by atoms with E-state index >= 15 is 0 Å². The SMILES string of the molecule is C1CCC([PH+](C2CCCCC2)C2CCCCC2)CC1.Cc1cc(C)c(N2[CH-]N(c3c(C)cc(C)cc3C)CC2)c(C)c1.[Cl][Ru]([Cl])=[C](c1ccccc1)c1ccccc1. The van der Waals surface area contributed by atoms with Gasteiger partial charge in [0, 0.05) is 32.4 Å². The molecule has 4 aliphatic rings. The van der Waals surface area contributed by atoms with Crippen molar-refractivity contribution in [3.05, 3.63) is 136 Å². The molecule has 1 aliphatic heterocycles. The summed E-state index contributed by atoms with van der Waals surface area (Å²) in [5, 5.41) is 0. The van der Waals surface area contributed by atoms with Crippen molar-refractivity contribution in [3.8, 4) is 0 Å². The fourth-order valence-corrected chi connectivity index (χ4v) is 19.3. The molecule has 0 aromatic heterocycles. The van der Waals surface area contributed by atoms with Gasteiger partial charge in [-0.3, -0.25) is 0 Å². The second-order valence-electron chi connectivity index (χ2n) is 17.7. The molecule has 3 aliphatic carbocycles. The zero-order valence-electron chi connectivity index (χ0n) is 36.4. The Kier molecular flexibility index (Phi) is 17.8. The first-order valence-electron chi connectivity index (χ1n) is 22.5. The van der Waals surface area contributed by atoms with Crippen LogP contribution in [0, 0.1) is 48.2 Å².